The molecule has 5 nitrogen and oxygen atoms in total. The van der Waals surface area contributed by atoms with E-state index in [-0.39, 0.29) is 5.75 Å². The van der Waals surface area contributed by atoms with Crippen molar-refractivity contribution in [3.8, 4) is 5.75 Å². The summed E-state index contributed by atoms with van der Waals surface area (Å²) in [6.07, 6.45) is 1.26. The van der Waals surface area contributed by atoms with Gasteiger partial charge in [0.05, 0.1) is 6.21 Å². The number of amides is 1. The van der Waals surface area contributed by atoms with E-state index < -0.39 is 5.91 Å². The van der Waals surface area contributed by atoms with Crippen LogP contribution in [0.1, 0.15) is 5.56 Å². The molecule has 0 spiro atoms. The third-order valence-electron chi connectivity index (χ3n) is 2.98. The zero-order valence-corrected chi connectivity index (χ0v) is 10.3. The first-order valence-electron chi connectivity index (χ1n) is 5.89. The summed E-state index contributed by atoms with van der Waals surface area (Å²) >= 11 is 0. The number of nitrogens with one attached hydrogen (secondary N) is 1. The fraction of sp³-hybridized carbons (Fsp3) is 0.143. The Bertz CT molecular complexity index is 625. The number of phenolic OH excluding ortho intramolecular Hbond substituents is 1. The average molecular weight is 257 g/mol. The van der Waals surface area contributed by atoms with Crippen LogP contribution in [-0.2, 0) is 11.2 Å². The molecule has 0 saturated heterocycles. The number of hydrogen-bond donors (Lipinski definition) is 3. The fourth-order valence-corrected chi connectivity index (χ4v) is 1.98. The minimum absolute atomic E-state index is 0.208. The number of carbonyl (C=O) groups is 1. The summed E-state index contributed by atoms with van der Waals surface area (Å²) in [5, 5.41) is 19.4. The lowest BCUT2D eigenvalue weighted by atomic mass is 10.0. The molecule has 4 N–H and O–H groups in total. The predicted molar refractivity (Wildman–Crippen MR) is 74.0 cm³/mol. The summed E-state index contributed by atoms with van der Waals surface area (Å²) in [6.45, 7) is 0.322. The van der Waals surface area contributed by atoms with Gasteiger partial charge >= 0.3 is 0 Å². The number of benzene rings is 2. The van der Waals surface area contributed by atoms with Gasteiger partial charge in [-0.3, -0.25) is 9.80 Å². The molecule has 0 atom stereocenters. The number of nitrogens with zero attached hydrogens (tertiary/aromatic N) is 1. The van der Waals surface area contributed by atoms with Crippen molar-refractivity contribution in [1.29, 1.82) is 5.41 Å². The lowest BCUT2D eigenvalue weighted by Crippen LogP contribution is -2.39. The second-order valence-corrected chi connectivity index (χ2v) is 4.25. The number of carbonyl (C=O) groups excluding carboxylic acids is 1. The summed E-state index contributed by atoms with van der Waals surface area (Å²) in [5.41, 5.74) is 1.00. The normalized spacial score (nSPS) is 10.4. The zero-order chi connectivity index (χ0) is 13.8. The van der Waals surface area contributed by atoms with Crippen molar-refractivity contribution >= 4 is 22.9 Å². The molecule has 0 aliphatic carbocycles. The standard InChI is InChI=1S/C14H15N3O2/c15-9-14(19)17(16)7-6-11-3-1-2-10-4-5-12(18)8-13(10)11/h1-5,8-9,15,18H,6-7,16H2. The van der Waals surface area contributed by atoms with Crippen molar-refractivity contribution < 1.29 is 9.90 Å². The van der Waals surface area contributed by atoms with E-state index in [1.54, 1.807) is 12.1 Å². The van der Waals surface area contributed by atoms with Crippen LogP contribution in [0, 0.1) is 5.41 Å². The highest BCUT2D eigenvalue weighted by Crippen LogP contribution is 2.23. The lowest BCUT2D eigenvalue weighted by Gasteiger charge is -2.14. The maximum absolute atomic E-state index is 11.2. The molecule has 0 aliphatic rings. The van der Waals surface area contributed by atoms with Crippen molar-refractivity contribution in [2.45, 2.75) is 6.42 Å². The molecule has 0 heterocycles. The summed E-state index contributed by atoms with van der Waals surface area (Å²) in [4.78, 5) is 11.2. The van der Waals surface area contributed by atoms with E-state index in [0.29, 0.717) is 19.2 Å². The Morgan fingerprint density at radius 1 is 1.37 bits per heavy atom. The number of hydrazine groups is 1. The zero-order valence-electron chi connectivity index (χ0n) is 10.3. The molecule has 0 unspecified atom stereocenters. The summed E-state index contributed by atoms with van der Waals surface area (Å²) in [6, 6.07) is 11.0. The number of rotatable bonds is 4. The van der Waals surface area contributed by atoms with Gasteiger partial charge in [-0.1, -0.05) is 24.3 Å². The highest BCUT2D eigenvalue weighted by molar-refractivity contribution is 6.24. The van der Waals surface area contributed by atoms with Gasteiger partial charge in [0.2, 0.25) is 0 Å². The first-order chi connectivity index (χ1) is 9.11. The molecule has 2 aromatic rings. The van der Waals surface area contributed by atoms with E-state index in [1.807, 2.05) is 24.3 Å². The second kappa shape index (κ2) is 5.49. The van der Waals surface area contributed by atoms with E-state index in [0.717, 1.165) is 21.3 Å². The van der Waals surface area contributed by atoms with Crippen LogP contribution < -0.4 is 5.84 Å². The van der Waals surface area contributed by atoms with Crippen LogP contribution in [0.3, 0.4) is 0 Å². The summed E-state index contributed by atoms with van der Waals surface area (Å²) in [5.74, 6) is 5.22. The molecule has 0 radical (unpaired) electrons. The third kappa shape index (κ3) is 2.89. The van der Waals surface area contributed by atoms with Gasteiger partial charge in [0.25, 0.3) is 5.91 Å². The maximum atomic E-state index is 11.2. The highest BCUT2D eigenvalue weighted by atomic mass is 16.3. The maximum Gasteiger partial charge on any atom is 0.278 e. The van der Waals surface area contributed by atoms with Gasteiger partial charge in [-0.15, -0.1) is 0 Å². The Morgan fingerprint density at radius 3 is 2.89 bits per heavy atom. The molecule has 98 valence electrons. The highest BCUT2D eigenvalue weighted by Gasteiger charge is 2.07. The number of fused-ring (bicyclic) bond motifs is 1. The van der Waals surface area contributed by atoms with Gasteiger partial charge in [-0.05, 0) is 34.9 Å². The smallest absolute Gasteiger partial charge is 0.278 e. The van der Waals surface area contributed by atoms with Gasteiger partial charge in [-0.25, -0.2) is 5.84 Å². The Hall–Kier alpha value is -2.40. The van der Waals surface area contributed by atoms with Gasteiger partial charge in [0.15, 0.2) is 0 Å². The van der Waals surface area contributed by atoms with Crippen molar-refractivity contribution in [1.82, 2.24) is 5.01 Å². The van der Waals surface area contributed by atoms with Gasteiger partial charge in [-0.2, -0.15) is 0 Å². The first kappa shape index (κ1) is 13.0. The van der Waals surface area contributed by atoms with Crippen molar-refractivity contribution in [3.05, 3.63) is 42.0 Å². The minimum atomic E-state index is -0.525. The van der Waals surface area contributed by atoms with Crippen LogP contribution in [0.25, 0.3) is 10.8 Å². The van der Waals surface area contributed by atoms with Gasteiger partial charge in [0.1, 0.15) is 5.75 Å². The van der Waals surface area contributed by atoms with E-state index in [9.17, 15) is 9.90 Å². The molecule has 0 bridgehead atoms. The Kier molecular flexibility index (Phi) is 3.77. The van der Waals surface area contributed by atoms with Crippen molar-refractivity contribution in [3.63, 3.8) is 0 Å². The molecule has 0 aliphatic heterocycles. The first-order valence-corrected chi connectivity index (χ1v) is 5.89. The largest absolute Gasteiger partial charge is 0.508 e. The molecule has 0 aromatic heterocycles. The minimum Gasteiger partial charge on any atom is -0.508 e. The summed E-state index contributed by atoms with van der Waals surface area (Å²) in [7, 11) is 0. The Balaban J connectivity index is 2.23. The quantitative estimate of drug-likeness (QED) is 0.335. The van der Waals surface area contributed by atoms with Crippen LogP contribution in [0.5, 0.6) is 5.75 Å². The molecular weight excluding hydrogens is 242 g/mol. The van der Waals surface area contributed by atoms with E-state index in [2.05, 4.69) is 0 Å². The van der Waals surface area contributed by atoms with Crippen molar-refractivity contribution in [2.24, 2.45) is 5.84 Å². The molecule has 2 aromatic carbocycles. The molecular formula is C14H15N3O2. The molecule has 5 heteroatoms. The van der Waals surface area contributed by atoms with E-state index >= 15 is 0 Å². The van der Waals surface area contributed by atoms with Crippen LogP contribution in [0.15, 0.2) is 36.4 Å². The van der Waals surface area contributed by atoms with Crippen LogP contribution in [0.2, 0.25) is 0 Å². The van der Waals surface area contributed by atoms with Crippen LogP contribution in [-0.4, -0.2) is 28.8 Å². The third-order valence-corrected chi connectivity index (χ3v) is 2.98. The molecule has 2 rings (SSSR count). The molecule has 0 saturated carbocycles. The number of nitrogens with two attached hydrogens (primary N) is 1. The topological polar surface area (TPSA) is 90.4 Å². The van der Waals surface area contributed by atoms with Crippen LogP contribution in [0.4, 0.5) is 0 Å². The SMILES string of the molecule is N=CC(=O)N(N)CCc1cccc2ccc(O)cc12. The van der Waals surface area contributed by atoms with Crippen LogP contribution >= 0.6 is 0 Å². The van der Waals surface area contributed by atoms with E-state index in [4.69, 9.17) is 11.3 Å². The molecule has 1 amide bonds. The van der Waals surface area contributed by atoms with E-state index in [1.165, 1.54) is 0 Å². The molecule has 19 heavy (non-hydrogen) atoms. The Labute approximate surface area is 110 Å². The Morgan fingerprint density at radius 2 is 2.16 bits per heavy atom. The number of phenols is 1. The number of hydrogen-bond acceptors (Lipinski definition) is 4. The average Bonchev–Trinajstić information content (AvgIpc) is 2.43. The number of aromatic hydroxyl groups is 1. The molecule has 0 fully saturated rings. The fourth-order valence-electron chi connectivity index (χ4n) is 1.98. The predicted octanol–water partition coefficient (Wildman–Crippen LogP) is 1.44. The lowest BCUT2D eigenvalue weighted by molar-refractivity contribution is -0.123. The monoisotopic (exact) mass is 257 g/mol. The second-order valence-electron chi connectivity index (χ2n) is 4.25. The van der Waals surface area contributed by atoms with Gasteiger partial charge < -0.3 is 10.5 Å². The van der Waals surface area contributed by atoms with Crippen molar-refractivity contribution in [2.75, 3.05) is 6.54 Å². The van der Waals surface area contributed by atoms with Gasteiger partial charge in [0, 0.05) is 6.54 Å². The summed E-state index contributed by atoms with van der Waals surface area (Å²) < 4.78 is 0.